The molecule has 0 aliphatic heterocycles. The quantitative estimate of drug-likeness (QED) is 0.877. The normalized spacial score (nSPS) is 12.2. The van der Waals surface area contributed by atoms with Crippen molar-refractivity contribution in [1.29, 1.82) is 0 Å². The maximum atomic E-state index is 13.8. The standard InChI is InChI=1S/C16H19FN2O/c1-3-10-20-13-6-4-12(5-7-13)16(18-2)14-8-9-19-11-15(14)17/h4-9,11,16,18H,3,10H2,1-2H3. The number of aromatic nitrogens is 1. The van der Waals surface area contributed by atoms with E-state index in [0.29, 0.717) is 12.2 Å². The Labute approximate surface area is 118 Å². The molecule has 106 valence electrons. The lowest BCUT2D eigenvalue weighted by Gasteiger charge is -2.18. The first-order chi connectivity index (χ1) is 9.76. The minimum Gasteiger partial charge on any atom is -0.494 e. The predicted octanol–water partition coefficient (Wildman–Crippen LogP) is 3.32. The van der Waals surface area contributed by atoms with Crippen molar-refractivity contribution in [3.8, 4) is 5.75 Å². The third-order valence-electron chi connectivity index (χ3n) is 3.09. The van der Waals surface area contributed by atoms with E-state index in [1.165, 1.54) is 6.20 Å². The Balaban J connectivity index is 2.22. The molecule has 0 spiro atoms. The van der Waals surface area contributed by atoms with Crippen LogP contribution in [-0.2, 0) is 0 Å². The summed E-state index contributed by atoms with van der Waals surface area (Å²) in [6, 6.07) is 9.22. The summed E-state index contributed by atoms with van der Waals surface area (Å²) in [5.74, 6) is 0.527. The highest BCUT2D eigenvalue weighted by Crippen LogP contribution is 2.25. The summed E-state index contributed by atoms with van der Waals surface area (Å²) in [5.41, 5.74) is 1.58. The monoisotopic (exact) mass is 274 g/mol. The summed E-state index contributed by atoms with van der Waals surface area (Å²) < 4.78 is 19.4. The van der Waals surface area contributed by atoms with E-state index >= 15 is 0 Å². The first-order valence-corrected chi connectivity index (χ1v) is 6.75. The molecule has 0 aliphatic rings. The van der Waals surface area contributed by atoms with Crippen LogP contribution in [0.15, 0.2) is 42.7 Å². The molecule has 0 fully saturated rings. The van der Waals surface area contributed by atoms with Gasteiger partial charge in [0.15, 0.2) is 0 Å². The topological polar surface area (TPSA) is 34.1 Å². The van der Waals surface area contributed by atoms with E-state index in [1.54, 1.807) is 12.3 Å². The average Bonchev–Trinajstić information content (AvgIpc) is 2.49. The summed E-state index contributed by atoms with van der Waals surface area (Å²) in [6.45, 7) is 2.77. The Hall–Kier alpha value is -1.94. The van der Waals surface area contributed by atoms with Gasteiger partial charge in [-0.05, 0) is 37.2 Å². The molecule has 0 bridgehead atoms. The predicted molar refractivity (Wildman–Crippen MR) is 77.3 cm³/mol. The lowest BCUT2D eigenvalue weighted by atomic mass is 9.99. The largest absolute Gasteiger partial charge is 0.494 e. The smallest absolute Gasteiger partial charge is 0.146 e. The maximum absolute atomic E-state index is 13.8. The first-order valence-electron chi connectivity index (χ1n) is 6.75. The Morgan fingerprint density at radius 2 is 2.00 bits per heavy atom. The molecular formula is C16H19FN2O. The van der Waals surface area contributed by atoms with Gasteiger partial charge in [-0.15, -0.1) is 0 Å². The van der Waals surface area contributed by atoms with Crippen molar-refractivity contribution in [1.82, 2.24) is 10.3 Å². The number of pyridine rings is 1. The highest BCUT2D eigenvalue weighted by molar-refractivity contribution is 5.35. The van der Waals surface area contributed by atoms with Crippen LogP contribution in [0.3, 0.4) is 0 Å². The van der Waals surface area contributed by atoms with Crippen LogP contribution in [0.4, 0.5) is 4.39 Å². The number of rotatable bonds is 6. The molecule has 1 atom stereocenters. The van der Waals surface area contributed by atoms with E-state index in [2.05, 4.69) is 17.2 Å². The second kappa shape index (κ2) is 7.01. The van der Waals surface area contributed by atoms with Crippen molar-refractivity contribution < 1.29 is 9.13 Å². The zero-order chi connectivity index (χ0) is 14.4. The average molecular weight is 274 g/mol. The third-order valence-corrected chi connectivity index (χ3v) is 3.09. The fourth-order valence-corrected chi connectivity index (χ4v) is 2.10. The van der Waals surface area contributed by atoms with E-state index in [4.69, 9.17) is 4.74 Å². The van der Waals surface area contributed by atoms with Gasteiger partial charge in [0, 0.05) is 11.8 Å². The van der Waals surface area contributed by atoms with Gasteiger partial charge in [-0.25, -0.2) is 4.39 Å². The maximum Gasteiger partial charge on any atom is 0.146 e. The van der Waals surface area contributed by atoms with Crippen LogP contribution in [0.1, 0.15) is 30.5 Å². The number of nitrogens with zero attached hydrogens (tertiary/aromatic N) is 1. The SMILES string of the molecule is CCCOc1ccc(C(NC)c2ccncc2F)cc1. The van der Waals surface area contributed by atoms with Crippen LogP contribution in [0, 0.1) is 5.82 Å². The molecule has 0 aliphatic carbocycles. The third kappa shape index (κ3) is 3.33. The zero-order valence-electron chi connectivity index (χ0n) is 11.8. The van der Waals surface area contributed by atoms with Crippen LogP contribution in [0.5, 0.6) is 5.75 Å². The molecule has 0 radical (unpaired) electrons. The van der Waals surface area contributed by atoms with Gasteiger partial charge in [0.25, 0.3) is 0 Å². The van der Waals surface area contributed by atoms with Crippen LogP contribution in [0.2, 0.25) is 0 Å². The van der Waals surface area contributed by atoms with Crippen molar-refractivity contribution in [2.45, 2.75) is 19.4 Å². The number of hydrogen-bond acceptors (Lipinski definition) is 3. The lowest BCUT2D eigenvalue weighted by Crippen LogP contribution is -2.19. The zero-order valence-corrected chi connectivity index (χ0v) is 11.8. The Kier molecular flexibility index (Phi) is 5.07. The summed E-state index contributed by atoms with van der Waals surface area (Å²) in [4.78, 5) is 3.78. The van der Waals surface area contributed by atoms with Crippen molar-refractivity contribution in [3.05, 3.63) is 59.7 Å². The molecule has 1 aromatic carbocycles. The summed E-state index contributed by atoms with van der Waals surface area (Å²) in [7, 11) is 1.81. The van der Waals surface area contributed by atoms with Crippen molar-refractivity contribution in [3.63, 3.8) is 0 Å². The number of halogens is 1. The van der Waals surface area contributed by atoms with Gasteiger partial charge >= 0.3 is 0 Å². The van der Waals surface area contributed by atoms with Crippen molar-refractivity contribution in [2.24, 2.45) is 0 Å². The van der Waals surface area contributed by atoms with Crippen LogP contribution in [0.25, 0.3) is 0 Å². The van der Waals surface area contributed by atoms with Crippen molar-refractivity contribution in [2.75, 3.05) is 13.7 Å². The van der Waals surface area contributed by atoms with E-state index in [-0.39, 0.29) is 11.9 Å². The molecule has 2 aromatic rings. The summed E-state index contributed by atoms with van der Waals surface area (Å²) >= 11 is 0. The molecule has 3 nitrogen and oxygen atoms in total. The highest BCUT2D eigenvalue weighted by atomic mass is 19.1. The molecule has 20 heavy (non-hydrogen) atoms. The fraction of sp³-hybridized carbons (Fsp3) is 0.312. The molecule has 1 unspecified atom stereocenters. The number of hydrogen-bond donors (Lipinski definition) is 1. The molecule has 0 saturated carbocycles. The van der Waals surface area contributed by atoms with Crippen LogP contribution >= 0.6 is 0 Å². The summed E-state index contributed by atoms with van der Waals surface area (Å²) in [6.07, 6.45) is 3.81. The molecule has 0 saturated heterocycles. The molecule has 0 amide bonds. The minimum absolute atomic E-state index is 0.196. The number of benzene rings is 1. The van der Waals surface area contributed by atoms with Gasteiger partial charge in [-0.2, -0.15) is 0 Å². The van der Waals surface area contributed by atoms with Gasteiger partial charge in [0.1, 0.15) is 11.6 Å². The Bertz CT molecular complexity index is 542. The second-order valence-corrected chi connectivity index (χ2v) is 4.54. The van der Waals surface area contributed by atoms with E-state index < -0.39 is 0 Å². The van der Waals surface area contributed by atoms with E-state index in [0.717, 1.165) is 17.7 Å². The van der Waals surface area contributed by atoms with Crippen molar-refractivity contribution >= 4 is 0 Å². The first kappa shape index (κ1) is 14.5. The Morgan fingerprint density at radius 3 is 2.60 bits per heavy atom. The van der Waals surface area contributed by atoms with E-state index in [9.17, 15) is 4.39 Å². The molecule has 1 heterocycles. The van der Waals surface area contributed by atoms with Gasteiger partial charge in [-0.3, -0.25) is 4.98 Å². The molecule has 2 rings (SSSR count). The lowest BCUT2D eigenvalue weighted by molar-refractivity contribution is 0.317. The van der Waals surface area contributed by atoms with Crippen LogP contribution in [-0.4, -0.2) is 18.6 Å². The summed E-state index contributed by atoms with van der Waals surface area (Å²) in [5, 5.41) is 3.13. The molecule has 1 N–H and O–H groups in total. The van der Waals surface area contributed by atoms with Gasteiger partial charge < -0.3 is 10.1 Å². The number of ether oxygens (including phenoxy) is 1. The number of nitrogens with one attached hydrogen (secondary N) is 1. The van der Waals surface area contributed by atoms with Gasteiger partial charge in [0.05, 0.1) is 18.8 Å². The Morgan fingerprint density at radius 1 is 1.25 bits per heavy atom. The fourth-order valence-electron chi connectivity index (χ4n) is 2.10. The second-order valence-electron chi connectivity index (χ2n) is 4.54. The van der Waals surface area contributed by atoms with Gasteiger partial charge in [0.2, 0.25) is 0 Å². The van der Waals surface area contributed by atoms with E-state index in [1.807, 2.05) is 31.3 Å². The molecular weight excluding hydrogens is 255 g/mol. The molecule has 4 heteroatoms. The minimum atomic E-state index is -0.307. The highest BCUT2D eigenvalue weighted by Gasteiger charge is 2.15. The van der Waals surface area contributed by atoms with Crippen LogP contribution < -0.4 is 10.1 Å². The van der Waals surface area contributed by atoms with Gasteiger partial charge in [-0.1, -0.05) is 19.1 Å². The molecule has 1 aromatic heterocycles.